The molecule has 0 aliphatic heterocycles. The second-order valence-corrected chi connectivity index (χ2v) is 9.45. The molecule has 0 amide bonds. The second-order valence-electron chi connectivity index (χ2n) is 9.45. The summed E-state index contributed by atoms with van der Waals surface area (Å²) in [6, 6.07) is 0. The van der Waals surface area contributed by atoms with Crippen molar-refractivity contribution in [1.82, 2.24) is 0 Å². The zero-order valence-electron chi connectivity index (χ0n) is 18.1. The van der Waals surface area contributed by atoms with Gasteiger partial charge in [0.15, 0.2) is 0 Å². The van der Waals surface area contributed by atoms with Crippen LogP contribution in [0.5, 0.6) is 0 Å². The van der Waals surface area contributed by atoms with E-state index >= 15 is 0 Å². The minimum Gasteiger partial charge on any atom is -0.0654 e. The normalized spacial score (nSPS) is 13.4. The van der Waals surface area contributed by atoms with E-state index < -0.39 is 0 Å². The fraction of sp³-hybridized carbons (Fsp3) is 1.00. The van der Waals surface area contributed by atoms with Crippen LogP contribution < -0.4 is 0 Å². The van der Waals surface area contributed by atoms with Crippen LogP contribution in [0.2, 0.25) is 0 Å². The SMILES string of the molecule is CCCCCCCCCCC(CCCCCCCC)CC(C)(C)C. The summed E-state index contributed by atoms with van der Waals surface area (Å²) in [6.45, 7) is 11.9. The molecule has 0 rings (SSSR count). The lowest BCUT2D eigenvalue weighted by Crippen LogP contribution is -2.13. The predicted octanol–water partition coefficient (Wildman–Crippen LogP) is 9.32. The molecule has 0 aliphatic carbocycles. The predicted molar refractivity (Wildman–Crippen MR) is 113 cm³/mol. The Morgan fingerprint density at radius 2 is 0.833 bits per heavy atom. The van der Waals surface area contributed by atoms with E-state index in [0.717, 1.165) is 5.92 Å². The van der Waals surface area contributed by atoms with Crippen molar-refractivity contribution in [2.45, 2.75) is 144 Å². The third kappa shape index (κ3) is 18.3. The van der Waals surface area contributed by atoms with Crippen molar-refractivity contribution < 1.29 is 0 Å². The number of rotatable bonds is 17. The summed E-state index contributed by atoms with van der Waals surface area (Å²) in [5.41, 5.74) is 0.507. The molecule has 0 aliphatic rings. The molecule has 146 valence electrons. The summed E-state index contributed by atoms with van der Waals surface area (Å²) in [4.78, 5) is 0. The van der Waals surface area contributed by atoms with Crippen LogP contribution in [0.15, 0.2) is 0 Å². The Kier molecular flexibility index (Phi) is 16.5. The second kappa shape index (κ2) is 16.5. The molecule has 0 radical (unpaired) electrons. The Bertz CT molecular complexity index is 235. The minimum atomic E-state index is 0.507. The van der Waals surface area contributed by atoms with Gasteiger partial charge >= 0.3 is 0 Å². The lowest BCUT2D eigenvalue weighted by Gasteiger charge is -2.26. The van der Waals surface area contributed by atoms with Gasteiger partial charge in [-0.15, -0.1) is 0 Å². The molecule has 0 aromatic carbocycles. The van der Waals surface area contributed by atoms with Gasteiger partial charge in [-0.1, -0.05) is 137 Å². The highest BCUT2D eigenvalue weighted by molar-refractivity contribution is 4.70. The summed E-state index contributed by atoms with van der Waals surface area (Å²) < 4.78 is 0. The summed E-state index contributed by atoms with van der Waals surface area (Å²) in [5.74, 6) is 0.983. The maximum absolute atomic E-state index is 2.43. The monoisotopic (exact) mass is 338 g/mol. The van der Waals surface area contributed by atoms with E-state index in [4.69, 9.17) is 0 Å². The van der Waals surface area contributed by atoms with Gasteiger partial charge in [0, 0.05) is 0 Å². The molecular formula is C24H50. The van der Waals surface area contributed by atoms with Crippen molar-refractivity contribution in [2.75, 3.05) is 0 Å². The molecule has 0 bridgehead atoms. The maximum atomic E-state index is 2.43. The Balaban J connectivity index is 3.76. The van der Waals surface area contributed by atoms with Crippen LogP contribution in [0.3, 0.4) is 0 Å². The molecule has 0 fully saturated rings. The third-order valence-corrected chi connectivity index (χ3v) is 5.33. The molecule has 0 heterocycles. The van der Waals surface area contributed by atoms with E-state index in [2.05, 4.69) is 34.6 Å². The summed E-state index contributed by atoms with van der Waals surface area (Å²) in [6.07, 6.45) is 24.7. The molecule has 0 heteroatoms. The van der Waals surface area contributed by atoms with Gasteiger partial charge in [0.05, 0.1) is 0 Å². The van der Waals surface area contributed by atoms with Gasteiger partial charge in [-0.05, 0) is 17.8 Å². The lowest BCUT2D eigenvalue weighted by atomic mass is 9.80. The summed E-state index contributed by atoms with van der Waals surface area (Å²) >= 11 is 0. The number of hydrogen-bond donors (Lipinski definition) is 0. The van der Waals surface area contributed by atoms with Crippen LogP contribution in [-0.4, -0.2) is 0 Å². The molecule has 0 nitrogen and oxygen atoms in total. The molecule has 0 aromatic rings. The summed E-state index contributed by atoms with van der Waals surface area (Å²) in [7, 11) is 0. The maximum Gasteiger partial charge on any atom is -0.0380 e. The zero-order valence-corrected chi connectivity index (χ0v) is 18.1. The molecule has 0 aromatic heterocycles. The highest BCUT2D eigenvalue weighted by Crippen LogP contribution is 2.31. The van der Waals surface area contributed by atoms with Crippen molar-refractivity contribution in [3.63, 3.8) is 0 Å². The van der Waals surface area contributed by atoms with Crippen molar-refractivity contribution >= 4 is 0 Å². The van der Waals surface area contributed by atoms with Crippen molar-refractivity contribution in [1.29, 1.82) is 0 Å². The highest BCUT2D eigenvalue weighted by Gasteiger charge is 2.18. The van der Waals surface area contributed by atoms with Crippen molar-refractivity contribution in [3.8, 4) is 0 Å². The Morgan fingerprint density at radius 3 is 1.17 bits per heavy atom. The van der Waals surface area contributed by atoms with Gasteiger partial charge in [-0.25, -0.2) is 0 Å². The molecule has 0 saturated carbocycles. The van der Waals surface area contributed by atoms with Crippen molar-refractivity contribution in [2.24, 2.45) is 11.3 Å². The fourth-order valence-electron chi connectivity index (χ4n) is 3.99. The lowest BCUT2D eigenvalue weighted by molar-refractivity contribution is 0.259. The minimum absolute atomic E-state index is 0.507. The van der Waals surface area contributed by atoms with Crippen LogP contribution in [-0.2, 0) is 0 Å². The molecule has 1 atom stereocenters. The van der Waals surface area contributed by atoms with Crippen LogP contribution in [0.4, 0.5) is 0 Å². The quantitative estimate of drug-likeness (QED) is 0.232. The molecule has 0 saturated heterocycles. The van der Waals surface area contributed by atoms with E-state index in [1.54, 1.807) is 0 Å². The van der Waals surface area contributed by atoms with Crippen LogP contribution in [0, 0.1) is 11.3 Å². The fourth-order valence-corrected chi connectivity index (χ4v) is 3.99. The van der Waals surface area contributed by atoms with E-state index in [9.17, 15) is 0 Å². The average molecular weight is 339 g/mol. The van der Waals surface area contributed by atoms with E-state index in [1.165, 1.54) is 109 Å². The van der Waals surface area contributed by atoms with Gasteiger partial charge in [-0.2, -0.15) is 0 Å². The van der Waals surface area contributed by atoms with E-state index in [0.29, 0.717) is 5.41 Å². The Hall–Kier alpha value is 0. The molecule has 1 unspecified atom stereocenters. The molecule has 24 heavy (non-hydrogen) atoms. The highest BCUT2D eigenvalue weighted by atomic mass is 14.2. The van der Waals surface area contributed by atoms with Crippen LogP contribution in [0.1, 0.15) is 144 Å². The zero-order chi connectivity index (χ0) is 18.1. The van der Waals surface area contributed by atoms with Gasteiger partial charge in [0.2, 0.25) is 0 Å². The first kappa shape index (κ1) is 24.0. The standard InChI is InChI=1S/C24H50/c1-6-8-10-12-14-15-17-19-21-23(22-24(3,4)5)20-18-16-13-11-9-7-2/h23H,6-22H2,1-5H3. The van der Waals surface area contributed by atoms with E-state index in [1.807, 2.05) is 0 Å². The first-order chi connectivity index (χ1) is 11.5. The average Bonchev–Trinajstić information content (AvgIpc) is 2.51. The smallest absolute Gasteiger partial charge is 0.0380 e. The topological polar surface area (TPSA) is 0 Å². The number of hydrogen-bond acceptors (Lipinski definition) is 0. The van der Waals surface area contributed by atoms with Crippen molar-refractivity contribution in [3.05, 3.63) is 0 Å². The molecular weight excluding hydrogens is 288 g/mol. The number of unbranched alkanes of at least 4 members (excludes halogenated alkanes) is 12. The molecule has 0 N–H and O–H groups in total. The first-order valence-electron chi connectivity index (χ1n) is 11.5. The van der Waals surface area contributed by atoms with Gasteiger partial charge in [0.1, 0.15) is 0 Å². The molecule has 0 spiro atoms. The Morgan fingerprint density at radius 1 is 0.500 bits per heavy atom. The van der Waals surface area contributed by atoms with Crippen LogP contribution in [0.25, 0.3) is 0 Å². The first-order valence-corrected chi connectivity index (χ1v) is 11.5. The third-order valence-electron chi connectivity index (χ3n) is 5.33. The van der Waals surface area contributed by atoms with E-state index in [-0.39, 0.29) is 0 Å². The van der Waals surface area contributed by atoms with Crippen LogP contribution >= 0.6 is 0 Å². The van der Waals surface area contributed by atoms with Gasteiger partial charge in [0.25, 0.3) is 0 Å². The van der Waals surface area contributed by atoms with Gasteiger partial charge < -0.3 is 0 Å². The summed E-state index contributed by atoms with van der Waals surface area (Å²) in [5, 5.41) is 0. The van der Waals surface area contributed by atoms with Gasteiger partial charge in [-0.3, -0.25) is 0 Å². The largest absolute Gasteiger partial charge is 0.0654 e. The Labute approximate surface area is 155 Å².